The molecule has 0 atom stereocenters. The van der Waals surface area contributed by atoms with Gasteiger partial charge in [0, 0.05) is 11.0 Å². The zero-order chi connectivity index (χ0) is 12.8. The molecule has 0 heterocycles. The first-order chi connectivity index (χ1) is 8.04. The van der Waals surface area contributed by atoms with Crippen molar-refractivity contribution in [1.82, 2.24) is 5.32 Å². The minimum Gasteiger partial charge on any atom is -0.496 e. The standard InChI is InChI=1S/C13H16BrNO2/c1-9(2)6-7-15-13(16)11-5-4-10(14)8-12(11)17-3/h4-6,8H,7H2,1-3H3,(H,15,16). The summed E-state index contributed by atoms with van der Waals surface area (Å²) in [6.07, 6.45) is 1.96. The van der Waals surface area contributed by atoms with E-state index in [2.05, 4.69) is 21.2 Å². The van der Waals surface area contributed by atoms with Crippen LogP contribution in [0.15, 0.2) is 34.3 Å². The molecule has 0 saturated heterocycles. The molecule has 0 spiro atoms. The van der Waals surface area contributed by atoms with Crippen molar-refractivity contribution in [3.05, 3.63) is 39.9 Å². The van der Waals surface area contributed by atoms with Crippen LogP contribution in [0.1, 0.15) is 24.2 Å². The SMILES string of the molecule is COc1cc(Br)ccc1C(=O)NCC=C(C)C. The van der Waals surface area contributed by atoms with Crippen LogP contribution >= 0.6 is 15.9 Å². The summed E-state index contributed by atoms with van der Waals surface area (Å²) in [7, 11) is 1.55. The quantitative estimate of drug-likeness (QED) is 0.867. The van der Waals surface area contributed by atoms with Gasteiger partial charge >= 0.3 is 0 Å². The number of halogens is 1. The van der Waals surface area contributed by atoms with E-state index in [1.807, 2.05) is 26.0 Å². The van der Waals surface area contributed by atoms with Crippen LogP contribution in [0.3, 0.4) is 0 Å². The first kappa shape index (κ1) is 13.8. The van der Waals surface area contributed by atoms with Crippen LogP contribution in [-0.2, 0) is 0 Å². The minimum atomic E-state index is -0.133. The van der Waals surface area contributed by atoms with Gasteiger partial charge in [0.1, 0.15) is 5.75 Å². The van der Waals surface area contributed by atoms with Crippen molar-refractivity contribution in [2.45, 2.75) is 13.8 Å². The normalized spacial score (nSPS) is 9.65. The molecule has 0 unspecified atom stereocenters. The lowest BCUT2D eigenvalue weighted by Crippen LogP contribution is -2.24. The first-order valence-electron chi connectivity index (χ1n) is 5.29. The number of methoxy groups -OCH3 is 1. The molecule has 0 aliphatic carbocycles. The van der Waals surface area contributed by atoms with Gasteiger partial charge in [-0.2, -0.15) is 0 Å². The van der Waals surface area contributed by atoms with Crippen LogP contribution in [0.4, 0.5) is 0 Å². The Hall–Kier alpha value is -1.29. The highest BCUT2D eigenvalue weighted by Crippen LogP contribution is 2.23. The van der Waals surface area contributed by atoms with Gasteiger partial charge in [0.2, 0.25) is 0 Å². The number of carbonyl (C=O) groups excluding carboxylic acids is 1. The molecule has 17 heavy (non-hydrogen) atoms. The van der Waals surface area contributed by atoms with E-state index in [4.69, 9.17) is 4.74 Å². The van der Waals surface area contributed by atoms with E-state index in [9.17, 15) is 4.79 Å². The Bertz CT molecular complexity index is 437. The van der Waals surface area contributed by atoms with E-state index in [1.54, 1.807) is 19.2 Å². The highest BCUT2D eigenvalue weighted by molar-refractivity contribution is 9.10. The third-order valence-electron chi connectivity index (χ3n) is 2.18. The van der Waals surface area contributed by atoms with Crippen molar-refractivity contribution in [3.8, 4) is 5.75 Å². The molecule has 1 rings (SSSR count). The second-order valence-corrected chi connectivity index (χ2v) is 4.75. The zero-order valence-corrected chi connectivity index (χ0v) is 11.8. The van der Waals surface area contributed by atoms with Gasteiger partial charge in [-0.1, -0.05) is 27.6 Å². The summed E-state index contributed by atoms with van der Waals surface area (Å²) < 4.78 is 6.05. The van der Waals surface area contributed by atoms with E-state index in [1.165, 1.54) is 5.57 Å². The van der Waals surface area contributed by atoms with Crippen LogP contribution in [0, 0.1) is 0 Å². The summed E-state index contributed by atoms with van der Waals surface area (Å²) in [5.74, 6) is 0.431. The summed E-state index contributed by atoms with van der Waals surface area (Å²) in [6, 6.07) is 5.33. The van der Waals surface area contributed by atoms with E-state index < -0.39 is 0 Å². The van der Waals surface area contributed by atoms with E-state index in [0.29, 0.717) is 17.9 Å². The maximum Gasteiger partial charge on any atom is 0.255 e. The minimum absolute atomic E-state index is 0.133. The molecule has 1 N–H and O–H groups in total. The molecule has 0 aliphatic heterocycles. The van der Waals surface area contributed by atoms with Gasteiger partial charge in [0.25, 0.3) is 5.91 Å². The second kappa shape index (κ2) is 6.45. The molecule has 1 aromatic rings. The molecule has 1 aromatic carbocycles. The maximum atomic E-state index is 11.9. The van der Waals surface area contributed by atoms with Crippen LogP contribution in [-0.4, -0.2) is 19.6 Å². The van der Waals surface area contributed by atoms with E-state index >= 15 is 0 Å². The van der Waals surface area contributed by atoms with Crippen molar-refractivity contribution in [1.29, 1.82) is 0 Å². The summed E-state index contributed by atoms with van der Waals surface area (Å²) in [5, 5.41) is 2.81. The fourth-order valence-corrected chi connectivity index (χ4v) is 1.64. The van der Waals surface area contributed by atoms with Crippen LogP contribution in [0.2, 0.25) is 0 Å². The van der Waals surface area contributed by atoms with Crippen molar-refractivity contribution < 1.29 is 9.53 Å². The topological polar surface area (TPSA) is 38.3 Å². The second-order valence-electron chi connectivity index (χ2n) is 3.84. The molecule has 0 aliphatic rings. The fourth-order valence-electron chi connectivity index (χ4n) is 1.30. The number of rotatable bonds is 4. The lowest BCUT2D eigenvalue weighted by atomic mass is 10.2. The Morgan fingerprint density at radius 2 is 2.18 bits per heavy atom. The van der Waals surface area contributed by atoms with Gasteiger partial charge in [0.05, 0.1) is 12.7 Å². The number of carbonyl (C=O) groups is 1. The molecule has 4 heteroatoms. The summed E-state index contributed by atoms with van der Waals surface area (Å²) >= 11 is 3.34. The van der Waals surface area contributed by atoms with Crippen LogP contribution in [0.5, 0.6) is 5.75 Å². The largest absolute Gasteiger partial charge is 0.496 e. The highest BCUT2D eigenvalue weighted by Gasteiger charge is 2.11. The molecule has 3 nitrogen and oxygen atoms in total. The number of ether oxygens (including phenoxy) is 1. The van der Waals surface area contributed by atoms with Crippen LogP contribution < -0.4 is 10.1 Å². The number of allylic oxidation sites excluding steroid dienone is 1. The monoisotopic (exact) mass is 297 g/mol. The molecule has 0 saturated carbocycles. The number of benzene rings is 1. The van der Waals surface area contributed by atoms with Crippen molar-refractivity contribution in [2.75, 3.05) is 13.7 Å². The Kier molecular flexibility index (Phi) is 5.22. The molecule has 0 aromatic heterocycles. The number of amides is 1. The number of hydrogen-bond donors (Lipinski definition) is 1. The van der Waals surface area contributed by atoms with Crippen molar-refractivity contribution in [2.24, 2.45) is 0 Å². The Morgan fingerprint density at radius 3 is 2.76 bits per heavy atom. The van der Waals surface area contributed by atoms with E-state index in [0.717, 1.165) is 4.47 Å². The Morgan fingerprint density at radius 1 is 1.47 bits per heavy atom. The predicted molar refractivity (Wildman–Crippen MR) is 72.5 cm³/mol. The molecule has 0 fully saturated rings. The van der Waals surface area contributed by atoms with Gasteiger partial charge in [-0.05, 0) is 32.0 Å². The number of hydrogen-bond acceptors (Lipinski definition) is 2. The lowest BCUT2D eigenvalue weighted by Gasteiger charge is -2.08. The molecular formula is C13H16BrNO2. The number of nitrogens with one attached hydrogen (secondary N) is 1. The fraction of sp³-hybridized carbons (Fsp3) is 0.308. The van der Waals surface area contributed by atoms with Crippen molar-refractivity contribution in [3.63, 3.8) is 0 Å². The summed E-state index contributed by atoms with van der Waals surface area (Å²) in [5.41, 5.74) is 1.71. The third-order valence-corrected chi connectivity index (χ3v) is 2.67. The first-order valence-corrected chi connectivity index (χ1v) is 6.09. The molecular weight excluding hydrogens is 282 g/mol. The highest BCUT2D eigenvalue weighted by atomic mass is 79.9. The molecule has 0 radical (unpaired) electrons. The van der Waals surface area contributed by atoms with Gasteiger partial charge in [0.15, 0.2) is 0 Å². The lowest BCUT2D eigenvalue weighted by molar-refractivity contribution is 0.0955. The van der Waals surface area contributed by atoms with Crippen molar-refractivity contribution >= 4 is 21.8 Å². The summed E-state index contributed by atoms with van der Waals surface area (Å²) in [6.45, 7) is 4.51. The van der Waals surface area contributed by atoms with Gasteiger partial charge in [-0.3, -0.25) is 4.79 Å². The average molecular weight is 298 g/mol. The van der Waals surface area contributed by atoms with E-state index in [-0.39, 0.29) is 5.91 Å². The maximum absolute atomic E-state index is 11.9. The Balaban J connectivity index is 2.78. The van der Waals surface area contributed by atoms with Gasteiger partial charge in [-0.15, -0.1) is 0 Å². The molecule has 0 bridgehead atoms. The van der Waals surface area contributed by atoms with Gasteiger partial charge in [-0.25, -0.2) is 0 Å². The molecule has 92 valence electrons. The third kappa shape index (κ3) is 4.23. The zero-order valence-electron chi connectivity index (χ0n) is 10.2. The Labute approximate surface area is 110 Å². The predicted octanol–water partition coefficient (Wildman–Crippen LogP) is 3.15. The van der Waals surface area contributed by atoms with Gasteiger partial charge < -0.3 is 10.1 Å². The average Bonchev–Trinajstić information content (AvgIpc) is 2.28. The summed E-state index contributed by atoms with van der Waals surface area (Å²) in [4.78, 5) is 11.9. The van der Waals surface area contributed by atoms with Crippen LogP contribution in [0.25, 0.3) is 0 Å². The smallest absolute Gasteiger partial charge is 0.255 e. The molecule has 1 amide bonds.